The van der Waals surface area contributed by atoms with Gasteiger partial charge < -0.3 is 20.9 Å². The molecule has 8 heteroatoms. The average molecular weight is 434 g/mol. The lowest BCUT2D eigenvalue weighted by Crippen LogP contribution is -2.47. The molecule has 1 unspecified atom stereocenters. The van der Waals surface area contributed by atoms with Crippen LogP contribution >= 0.6 is 0 Å². The van der Waals surface area contributed by atoms with Gasteiger partial charge in [-0.2, -0.15) is 0 Å². The Morgan fingerprint density at radius 1 is 1.06 bits per heavy atom. The molecule has 0 radical (unpaired) electrons. The largest absolute Gasteiger partial charge is 0.374 e. The first-order chi connectivity index (χ1) is 14.8. The van der Waals surface area contributed by atoms with Crippen molar-refractivity contribution in [2.75, 3.05) is 43.4 Å². The molecule has 1 saturated carbocycles. The summed E-state index contributed by atoms with van der Waals surface area (Å²) in [5.41, 5.74) is 6.84. The van der Waals surface area contributed by atoms with Gasteiger partial charge in [-0.15, -0.1) is 0 Å². The Balaban J connectivity index is 0.000000287. The second-order valence-corrected chi connectivity index (χ2v) is 9.12. The predicted molar refractivity (Wildman–Crippen MR) is 122 cm³/mol. The number of rotatable bonds is 3. The van der Waals surface area contributed by atoms with E-state index in [-0.39, 0.29) is 17.6 Å². The van der Waals surface area contributed by atoms with Crippen LogP contribution in [0.5, 0.6) is 0 Å². The maximum Gasteiger partial charge on any atom is 0.249 e. The van der Waals surface area contributed by atoms with Crippen molar-refractivity contribution in [1.82, 2.24) is 10.2 Å². The summed E-state index contributed by atoms with van der Waals surface area (Å²) in [6, 6.07) is 4.96. The molecule has 2 heterocycles. The van der Waals surface area contributed by atoms with Gasteiger partial charge in [-0.1, -0.05) is 6.92 Å². The quantitative estimate of drug-likeness (QED) is 0.634. The third-order valence-corrected chi connectivity index (χ3v) is 6.43. The third-order valence-electron chi connectivity index (χ3n) is 6.43. The van der Waals surface area contributed by atoms with Gasteiger partial charge in [0.1, 0.15) is 11.9 Å². The summed E-state index contributed by atoms with van der Waals surface area (Å²) in [4.78, 5) is 27.1. The number of piperazine rings is 1. The number of imide groups is 1. The van der Waals surface area contributed by atoms with E-state index >= 15 is 0 Å². The van der Waals surface area contributed by atoms with Gasteiger partial charge in [-0.05, 0) is 63.3 Å². The number of nitrogens with zero attached hydrogens (tertiary/aromatic N) is 2. The van der Waals surface area contributed by atoms with Gasteiger partial charge in [0, 0.05) is 44.3 Å². The smallest absolute Gasteiger partial charge is 0.249 e. The van der Waals surface area contributed by atoms with Crippen LogP contribution in [0.3, 0.4) is 0 Å². The molecule has 2 saturated heterocycles. The number of halogens is 1. The molecule has 3 aliphatic rings. The minimum absolute atomic E-state index is 0.260. The molecule has 4 rings (SSSR count). The Hall–Kier alpha value is -2.19. The number of nitrogens with two attached hydrogens (primary N) is 1. The fourth-order valence-corrected chi connectivity index (χ4v) is 4.22. The maximum atomic E-state index is 14.4. The number of likely N-dealkylation sites (N-methyl/N-ethyl adjacent to an activating group) is 1. The van der Waals surface area contributed by atoms with E-state index in [1.807, 2.05) is 4.90 Å². The summed E-state index contributed by atoms with van der Waals surface area (Å²) in [5, 5.41) is 5.28. The Kier molecular flexibility index (Phi) is 8.26. The molecule has 31 heavy (non-hydrogen) atoms. The molecule has 3 fully saturated rings. The SMILES string of the molecule is CC1CCC(N)CC1.CN1CCN(c2ccc(NC3CCC(=O)NC3=O)cc2F)CC1. The highest BCUT2D eigenvalue weighted by molar-refractivity contribution is 6.01. The summed E-state index contributed by atoms with van der Waals surface area (Å²) in [7, 11) is 2.06. The Bertz CT molecular complexity index is 748. The van der Waals surface area contributed by atoms with Crippen LogP contribution in [-0.4, -0.2) is 62.0 Å². The first-order valence-electron chi connectivity index (χ1n) is 11.4. The van der Waals surface area contributed by atoms with Crippen LogP contribution in [0.15, 0.2) is 18.2 Å². The van der Waals surface area contributed by atoms with Crippen molar-refractivity contribution in [2.45, 2.75) is 57.5 Å². The van der Waals surface area contributed by atoms with Gasteiger partial charge in [0.05, 0.1) is 5.69 Å². The predicted octanol–water partition coefficient (Wildman–Crippen LogP) is 2.32. The van der Waals surface area contributed by atoms with E-state index in [1.165, 1.54) is 31.7 Å². The molecule has 0 spiro atoms. The number of anilines is 2. The Labute approximate surface area is 184 Å². The number of carbonyl (C=O) groups excluding carboxylic acids is 2. The van der Waals surface area contributed by atoms with Crippen LogP contribution in [0.1, 0.15) is 45.4 Å². The van der Waals surface area contributed by atoms with E-state index in [0.717, 1.165) is 32.1 Å². The van der Waals surface area contributed by atoms with Crippen LogP contribution in [0.4, 0.5) is 15.8 Å². The molecule has 172 valence electrons. The molecule has 1 aliphatic carbocycles. The van der Waals surface area contributed by atoms with E-state index in [1.54, 1.807) is 12.1 Å². The molecule has 1 aromatic carbocycles. The van der Waals surface area contributed by atoms with Crippen molar-refractivity contribution in [3.8, 4) is 0 Å². The fourth-order valence-electron chi connectivity index (χ4n) is 4.22. The molecule has 4 N–H and O–H groups in total. The van der Waals surface area contributed by atoms with Crippen molar-refractivity contribution in [3.63, 3.8) is 0 Å². The van der Waals surface area contributed by atoms with Crippen molar-refractivity contribution in [2.24, 2.45) is 11.7 Å². The van der Waals surface area contributed by atoms with E-state index in [2.05, 4.69) is 29.5 Å². The normalized spacial score (nSPS) is 27.2. The molecule has 0 bridgehead atoms. The fraction of sp³-hybridized carbons (Fsp3) is 0.652. The topological polar surface area (TPSA) is 90.7 Å². The standard InChI is InChI=1S/C16H21FN4O2.C7H15N/c1-20-6-8-21(9-7-20)14-4-2-11(10-12(14)17)18-13-3-5-15(22)19-16(13)23;1-6-2-4-7(8)5-3-6/h2,4,10,13,18H,3,5-9H2,1H3,(H,19,22,23);6-7H,2-5,8H2,1H3. The van der Waals surface area contributed by atoms with Crippen molar-refractivity contribution < 1.29 is 14.0 Å². The molecule has 0 aromatic heterocycles. The van der Waals surface area contributed by atoms with E-state index in [0.29, 0.717) is 30.3 Å². The molecular formula is C23H36FN5O2. The number of hydrogen-bond donors (Lipinski definition) is 3. The van der Waals surface area contributed by atoms with Crippen LogP contribution in [0.2, 0.25) is 0 Å². The minimum atomic E-state index is -0.499. The summed E-state index contributed by atoms with van der Waals surface area (Å²) < 4.78 is 14.4. The molecule has 2 amide bonds. The van der Waals surface area contributed by atoms with E-state index in [4.69, 9.17) is 5.73 Å². The van der Waals surface area contributed by atoms with Gasteiger partial charge in [0.25, 0.3) is 0 Å². The molecule has 2 aliphatic heterocycles. The number of hydrogen-bond acceptors (Lipinski definition) is 6. The van der Waals surface area contributed by atoms with Gasteiger partial charge in [-0.3, -0.25) is 14.9 Å². The summed E-state index contributed by atoms with van der Waals surface area (Å²) in [6.07, 6.45) is 5.92. The van der Waals surface area contributed by atoms with Gasteiger partial charge in [0.2, 0.25) is 11.8 Å². The van der Waals surface area contributed by atoms with Crippen LogP contribution < -0.4 is 21.3 Å². The second-order valence-electron chi connectivity index (χ2n) is 9.12. The van der Waals surface area contributed by atoms with Gasteiger partial charge in [0.15, 0.2) is 0 Å². The molecule has 7 nitrogen and oxygen atoms in total. The highest BCUT2D eigenvalue weighted by Gasteiger charge is 2.26. The number of nitrogens with one attached hydrogen (secondary N) is 2. The summed E-state index contributed by atoms with van der Waals surface area (Å²) in [6.45, 7) is 5.73. The van der Waals surface area contributed by atoms with E-state index in [9.17, 15) is 14.0 Å². The minimum Gasteiger partial charge on any atom is -0.374 e. The molecule has 1 aromatic rings. The highest BCUT2D eigenvalue weighted by Crippen LogP contribution is 2.25. The van der Waals surface area contributed by atoms with Crippen molar-refractivity contribution in [3.05, 3.63) is 24.0 Å². The lowest BCUT2D eigenvalue weighted by Gasteiger charge is -2.34. The van der Waals surface area contributed by atoms with Crippen molar-refractivity contribution in [1.29, 1.82) is 0 Å². The lowest BCUT2D eigenvalue weighted by atomic mass is 9.88. The third kappa shape index (κ3) is 6.90. The number of benzene rings is 1. The zero-order chi connectivity index (χ0) is 22.4. The Morgan fingerprint density at radius 2 is 1.74 bits per heavy atom. The first-order valence-corrected chi connectivity index (χ1v) is 11.4. The van der Waals surface area contributed by atoms with Gasteiger partial charge in [-0.25, -0.2) is 4.39 Å². The van der Waals surface area contributed by atoms with Crippen LogP contribution in [0.25, 0.3) is 0 Å². The van der Waals surface area contributed by atoms with Crippen LogP contribution in [0, 0.1) is 11.7 Å². The zero-order valence-corrected chi connectivity index (χ0v) is 18.7. The first kappa shape index (κ1) is 23.5. The number of carbonyl (C=O) groups is 2. The van der Waals surface area contributed by atoms with Crippen LogP contribution in [-0.2, 0) is 9.59 Å². The number of piperidine rings is 1. The zero-order valence-electron chi connectivity index (χ0n) is 18.7. The second kappa shape index (κ2) is 10.9. The van der Waals surface area contributed by atoms with Crippen molar-refractivity contribution >= 4 is 23.2 Å². The average Bonchev–Trinajstić information content (AvgIpc) is 2.74. The summed E-state index contributed by atoms with van der Waals surface area (Å²) >= 11 is 0. The lowest BCUT2D eigenvalue weighted by molar-refractivity contribution is -0.133. The number of amides is 2. The molecular weight excluding hydrogens is 397 g/mol. The van der Waals surface area contributed by atoms with E-state index < -0.39 is 6.04 Å². The monoisotopic (exact) mass is 433 g/mol. The highest BCUT2D eigenvalue weighted by atomic mass is 19.1. The maximum absolute atomic E-state index is 14.4. The molecule has 1 atom stereocenters. The Morgan fingerprint density at radius 3 is 2.32 bits per heavy atom. The van der Waals surface area contributed by atoms with Gasteiger partial charge >= 0.3 is 0 Å². The summed E-state index contributed by atoms with van der Waals surface area (Å²) in [5.74, 6) is 0.0242.